The van der Waals surface area contributed by atoms with Gasteiger partial charge in [-0.05, 0) is 42.5 Å². The van der Waals surface area contributed by atoms with Crippen molar-refractivity contribution in [1.82, 2.24) is 15.1 Å². The van der Waals surface area contributed by atoms with E-state index in [2.05, 4.69) is 21.7 Å². The van der Waals surface area contributed by atoms with Crippen LogP contribution in [0.1, 0.15) is 15.9 Å². The van der Waals surface area contributed by atoms with Crippen molar-refractivity contribution in [3.05, 3.63) is 96.2 Å². The highest BCUT2D eigenvalue weighted by Gasteiger charge is 2.20. The van der Waals surface area contributed by atoms with Gasteiger partial charge in [0.2, 0.25) is 5.91 Å². The SMILES string of the molecule is C#Cc1cccc(NC(=O)CNC(=O)c2cn(-c3ccccc3)nc2-c2cccc(OC)c2)c1. The van der Waals surface area contributed by atoms with E-state index in [1.807, 2.05) is 48.5 Å². The summed E-state index contributed by atoms with van der Waals surface area (Å²) in [7, 11) is 1.58. The predicted molar refractivity (Wildman–Crippen MR) is 131 cm³/mol. The highest BCUT2D eigenvalue weighted by Crippen LogP contribution is 2.27. The molecule has 7 heteroatoms. The van der Waals surface area contributed by atoms with Gasteiger partial charge in [-0.3, -0.25) is 9.59 Å². The first-order valence-electron chi connectivity index (χ1n) is 10.5. The summed E-state index contributed by atoms with van der Waals surface area (Å²) >= 11 is 0. The third kappa shape index (κ3) is 5.14. The van der Waals surface area contributed by atoms with E-state index in [0.717, 1.165) is 11.3 Å². The van der Waals surface area contributed by atoms with E-state index in [4.69, 9.17) is 11.2 Å². The van der Waals surface area contributed by atoms with Crippen molar-refractivity contribution >= 4 is 17.5 Å². The number of hydrogen-bond donors (Lipinski definition) is 2. The maximum atomic E-state index is 13.1. The van der Waals surface area contributed by atoms with Crippen LogP contribution in [-0.4, -0.2) is 35.2 Å². The van der Waals surface area contributed by atoms with Crippen LogP contribution in [0.4, 0.5) is 5.69 Å². The van der Waals surface area contributed by atoms with E-state index in [1.165, 1.54) is 0 Å². The van der Waals surface area contributed by atoms with Crippen molar-refractivity contribution in [3.8, 4) is 35.0 Å². The molecule has 0 spiro atoms. The number of nitrogens with zero attached hydrogens (tertiary/aromatic N) is 2. The van der Waals surface area contributed by atoms with Gasteiger partial charge in [0, 0.05) is 23.0 Å². The number of para-hydroxylation sites is 1. The molecule has 1 aromatic heterocycles. The van der Waals surface area contributed by atoms with E-state index in [0.29, 0.717) is 28.3 Å². The molecule has 4 aromatic rings. The van der Waals surface area contributed by atoms with Crippen LogP contribution in [-0.2, 0) is 4.79 Å². The highest BCUT2D eigenvalue weighted by atomic mass is 16.5. The first-order chi connectivity index (χ1) is 16.6. The maximum Gasteiger partial charge on any atom is 0.255 e. The quantitative estimate of drug-likeness (QED) is 0.418. The number of amides is 2. The van der Waals surface area contributed by atoms with Gasteiger partial charge in [0.25, 0.3) is 5.91 Å². The Bertz CT molecular complexity index is 1370. The van der Waals surface area contributed by atoms with Crippen LogP contribution in [0.15, 0.2) is 85.1 Å². The Morgan fingerprint density at radius 1 is 1.03 bits per heavy atom. The number of aromatic nitrogens is 2. The van der Waals surface area contributed by atoms with E-state index in [-0.39, 0.29) is 12.5 Å². The Kier molecular flexibility index (Phi) is 6.70. The van der Waals surface area contributed by atoms with Crippen LogP contribution < -0.4 is 15.4 Å². The Morgan fingerprint density at radius 3 is 2.59 bits per heavy atom. The number of rotatable bonds is 7. The van der Waals surface area contributed by atoms with Gasteiger partial charge in [0.05, 0.1) is 24.9 Å². The summed E-state index contributed by atoms with van der Waals surface area (Å²) in [5.41, 5.74) is 3.54. The Hall–Kier alpha value is -4.83. The second-order valence-electron chi connectivity index (χ2n) is 7.36. The molecule has 2 amide bonds. The van der Waals surface area contributed by atoms with Crippen molar-refractivity contribution in [2.45, 2.75) is 0 Å². The lowest BCUT2D eigenvalue weighted by Gasteiger charge is -2.08. The molecule has 0 bridgehead atoms. The smallest absolute Gasteiger partial charge is 0.255 e. The summed E-state index contributed by atoms with van der Waals surface area (Å²) in [5.74, 6) is 2.37. The molecule has 1 heterocycles. The van der Waals surface area contributed by atoms with E-state index < -0.39 is 5.91 Å². The fourth-order valence-corrected chi connectivity index (χ4v) is 3.38. The molecule has 3 aromatic carbocycles. The summed E-state index contributed by atoms with van der Waals surface area (Å²) in [6.45, 7) is -0.215. The van der Waals surface area contributed by atoms with Crippen LogP contribution in [0.3, 0.4) is 0 Å². The monoisotopic (exact) mass is 450 g/mol. The molecule has 168 valence electrons. The third-order valence-corrected chi connectivity index (χ3v) is 5.05. The van der Waals surface area contributed by atoms with Crippen molar-refractivity contribution in [3.63, 3.8) is 0 Å². The first-order valence-corrected chi connectivity index (χ1v) is 10.5. The Balaban J connectivity index is 1.56. The second-order valence-corrected chi connectivity index (χ2v) is 7.36. The Labute approximate surface area is 197 Å². The largest absolute Gasteiger partial charge is 0.497 e. The topological polar surface area (TPSA) is 85.3 Å². The number of hydrogen-bond acceptors (Lipinski definition) is 4. The minimum absolute atomic E-state index is 0.215. The number of methoxy groups -OCH3 is 1. The molecule has 0 aliphatic rings. The number of anilines is 1. The lowest BCUT2D eigenvalue weighted by Crippen LogP contribution is -2.33. The van der Waals surface area contributed by atoms with E-state index in [1.54, 1.807) is 48.3 Å². The molecule has 0 aliphatic carbocycles. The summed E-state index contributed by atoms with van der Waals surface area (Å²) in [6.07, 6.45) is 7.05. The molecule has 0 atom stereocenters. The lowest BCUT2D eigenvalue weighted by atomic mass is 10.1. The molecule has 0 fully saturated rings. The molecule has 0 unspecified atom stereocenters. The summed E-state index contributed by atoms with van der Waals surface area (Å²) < 4.78 is 6.95. The third-order valence-electron chi connectivity index (χ3n) is 5.05. The standard InChI is InChI=1S/C27H22N4O3/c1-3-19-9-7-11-21(15-19)29-25(32)17-28-27(33)24-18-31(22-12-5-4-6-13-22)30-26(24)20-10-8-14-23(16-20)34-2/h1,4-16,18H,17H2,2H3,(H,28,33)(H,29,32). The van der Waals surface area contributed by atoms with Gasteiger partial charge in [0.1, 0.15) is 11.4 Å². The number of nitrogens with one attached hydrogen (secondary N) is 2. The maximum absolute atomic E-state index is 13.1. The molecule has 7 nitrogen and oxygen atoms in total. The average molecular weight is 450 g/mol. The van der Waals surface area contributed by atoms with Gasteiger partial charge >= 0.3 is 0 Å². The van der Waals surface area contributed by atoms with Gasteiger partial charge in [0.15, 0.2) is 0 Å². The molecule has 0 saturated heterocycles. The fourth-order valence-electron chi connectivity index (χ4n) is 3.38. The number of benzene rings is 3. The molecule has 2 N–H and O–H groups in total. The zero-order chi connectivity index (χ0) is 23.9. The van der Waals surface area contributed by atoms with Crippen LogP contribution in [0.25, 0.3) is 16.9 Å². The Morgan fingerprint density at radius 2 is 1.82 bits per heavy atom. The lowest BCUT2D eigenvalue weighted by molar-refractivity contribution is -0.115. The molecular weight excluding hydrogens is 428 g/mol. The van der Waals surface area contributed by atoms with Gasteiger partial charge < -0.3 is 15.4 Å². The van der Waals surface area contributed by atoms with Gasteiger partial charge in [-0.25, -0.2) is 4.68 Å². The normalized spacial score (nSPS) is 10.2. The second kappa shape index (κ2) is 10.2. The van der Waals surface area contributed by atoms with Crippen LogP contribution in [0.2, 0.25) is 0 Å². The van der Waals surface area contributed by atoms with Crippen LogP contribution >= 0.6 is 0 Å². The molecule has 0 aliphatic heterocycles. The van der Waals surface area contributed by atoms with Crippen molar-refractivity contribution in [2.24, 2.45) is 0 Å². The van der Waals surface area contributed by atoms with Crippen LogP contribution in [0.5, 0.6) is 5.75 Å². The molecule has 0 radical (unpaired) electrons. The summed E-state index contributed by atoms with van der Waals surface area (Å²) in [5, 5.41) is 10.0. The van der Waals surface area contributed by atoms with Crippen molar-refractivity contribution in [2.75, 3.05) is 19.0 Å². The number of ether oxygens (including phenoxy) is 1. The van der Waals surface area contributed by atoms with Gasteiger partial charge in [-0.2, -0.15) is 5.10 Å². The van der Waals surface area contributed by atoms with E-state index in [9.17, 15) is 9.59 Å². The number of terminal acetylenes is 1. The van der Waals surface area contributed by atoms with Gasteiger partial charge in [-0.1, -0.05) is 42.3 Å². The zero-order valence-corrected chi connectivity index (χ0v) is 18.5. The first kappa shape index (κ1) is 22.4. The minimum atomic E-state index is -0.424. The predicted octanol–water partition coefficient (Wildman–Crippen LogP) is 3.90. The van der Waals surface area contributed by atoms with Crippen molar-refractivity contribution < 1.29 is 14.3 Å². The fraction of sp³-hybridized carbons (Fsp3) is 0.0741. The average Bonchev–Trinajstić information content (AvgIpc) is 3.34. The zero-order valence-electron chi connectivity index (χ0n) is 18.5. The minimum Gasteiger partial charge on any atom is -0.497 e. The van der Waals surface area contributed by atoms with E-state index >= 15 is 0 Å². The van der Waals surface area contributed by atoms with Gasteiger partial charge in [-0.15, -0.1) is 6.42 Å². The number of carbonyl (C=O) groups excluding carboxylic acids is 2. The molecule has 0 saturated carbocycles. The molecule has 4 rings (SSSR count). The molecular formula is C27H22N4O3. The molecule has 34 heavy (non-hydrogen) atoms. The van der Waals surface area contributed by atoms with Crippen LogP contribution in [0, 0.1) is 12.3 Å². The summed E-state index contributed by atoms with van der Waals surface area (Å²) in [6, 6.07) is 23.7. The highest BCUT2D eigenvalue weighted by molar-refractivity contribution is 6.02. The van der Waals surface area contributed by atoms with Crippen molar-refractivity contribution in [1.29, 1.82) is 0 Å². The summed E-state index contributed by atoms with van der Waals surface area (Å²) in [4.78, 5) is 25.5. The number of carbonyl (C=O) groups is 2.